The fourth-order valence-corrected chi connectivity index (χ4v) is 3.66. The predicted octanol–water partition coefficient (Wildman–Crippen LogP) is 3.97. The van der Waals surface area contributed by atoms with Gasteiger partial charge in [-0.15, -0.1) is 0 Å². The fourth-order valence-electron chi connectivity index (χ4n) is 2.37. The lowest BCUT2D eigenvalue weighted by atomic mass is 10.1. The molecule has 1 heterocycles. The highest BCUT2D eigenvalue weighted by atomic mass is 79.9. The van der Waals surface area contributed by atoms with Crippen LogP contribution in [-0.2, 0) is 4.79 Å². The second-order valence-corrected chi connectivity index (χ2v) is 7.68. The third-order valence-electron chi connectivity index (χ3n) is 3.86. The molecule has 1 fully saturated rings. The van der Waals surface area contributed by atoms with Crippen molar-refractivity contribution in [2.75, 3.05) is 16.9 Å². The molecule has 1 aliphatic rings. The van der Waals surface area contributed by atoms with Gasteiger partial charge in [0.15, 0.2) is 5.82 Å². The van der Waals surface area contributed by atoms with Gasteiger partial charge < -0.3 is 16.4 Å². The van der Waals surface area contributed by atoms with Gasteiger partial charge in [0.25, 0.3) is 0 Å². The standard InChI is InChI=1S/C18H20BrN5OS/c1-2-5-14(12-6-3-4-7-13(12)19)22-17-15(16(20)23-24-17)26-10-21-18(25)11-8-9-11/h2-7,11H,1,8-10H2,(H,21,25)(H4,20,22,23,24)/b14-5-. The Bertz CT molecular complexity index is 844. The molecule has 2 aromatic rings. The lowest BCUT2D eigenvalue weighted by molar-refractivity contribution is -0.121. The largest absolute Gasteiger partial charge is 0.383 e. The summed E-state index contributed by atoms with van der Waals surface area (Å²) in [5, 5.41) is 13.3. The van der Waals surface area contributed by atoms with Gasteiger partial charge in [-0.3, -0.25) is 9.89 Å². The van der Waals surface area contributed by atoms with Crippen LogP contribution in [0.25, 0.3) is 5.70 Å². The Balaban J connectivity index is 1.73. The molecule has 1 aromatic heterocycles. The van der Waals surface area contributed by atoms with E-state index in [-0.39, 0.29) is 11.8 Å². The number of hydrogen-bond donors (Lipinski definition) is 4. The van der Waals surface area contributed by atoms with E-state index in [1.165, 1.54) is 11.8 Å². The van der Waals surface area contributed by atoms with Crippen LogP contribution in [-0.4, -0.2) is 22.0 Å². The highest BCUT2D eigenvalue weighted by Gasteiger charge is 2.29. The summed E-state index contributed by atoms with van der Waals surface area (Å²) in [6, 6.07) is 7.87. The van der Waals surface area contributed by atoms with Gasteiger partial charge in [0, 0.05) is 21.7 Å². The number of anilines is 2. The SMILES string of the molecule is C=C/C=C(\Nc1n[nH]c(N)c1SCNC(=O)C1CC1)c1ccccc1Br. The molecule has 0 spiro atoms. The van der Waals surface area contributed by atoms with E-state index >= 15 is 0 Å². The van der Waals surface area contributed by atoms with E-state index < -0.39 is 0 Å². The topological polar surface area (TPSA) is 95.8 Å². The van der Waals surface area contributed by atoms with Gasteiger partial charge in [-0.2, -0.15) is 5.10 Å². The maximum atomic E-state index is 11.8. The Morgan fingerprint density at radius 1 is 1.46 bits per heavy atom. The van der Waals surface area contributed by atoms with E-state index in [1.807, 2.05) is 30.3 Å². The summed E-state index contributed by atoms with van der Waals surface area (Å²) in [6.07, 6.45) is 5.55. The molecule has 1 aromatic carbocycles. The van der Waals surface area contributed by atoms with Crippen molar-refractivity contribution < 1.29 is 4.79 Å². The molecule has 1 amide bonds. The van der Waals surface area contributed by atoms with E-state index in [4.69, 9.17) is 5.73 Å². The Labute approximate surface area is 164 Å². The van der Waals surface area contributed by atoms with Crippen LogP contribution in [0.15, 0.2) is 52.4 Å². The molecule has 0 atom stereocenters. The molecular formula is C18H20BrN5OS. The van der Waals surface area contributed by atoms with Crippen LogP contribution >= 0.6 is 27.7 Å². The summed E-state index contributed by atoms with van der Waals surface area (Å²) in [5.41, 5.74) is 7.82. The maximum Gasteiger partial charge on any atom is 0.223 e. The van der Waals surface area contributed by atoms with Crippen LogP contribution in [0.2, 0.25) is 0 Å². The molecule has 0 aliphatic heterocycles. The van der Waals surface area contributed by atoms with Gasteiger partial charge in [0.2, 0.25) is 5.91 Å². The number of nitrogens with one attached hydrogen (secondary N) is 3. The number of halogens is 1. The van der Waals surface area contributed by atoms with Crippen molar-refractivity contribution in [2.45, 2.75) is 17.7 Å². The van der Waals surface area contributed by atoms with E-state index in [0.717, 1.165) is 33.5 Å². The highest BCUT2D eigenvalue weighted by Crippen LogP contribution is 2.34. The first kappa shape index (κ1) is 18.6. The minimum Gasteiger partial charge on any atom is -0.383 e. The maximum absolute atomic E-state index is 11.8. The lowest BCUT2D eigenvalue weighted by Crippen LogP contribution is -2.24. The number of thioether (sulfide) groups is 1. The summed E-state index contributed by atoms with van der Waals surface area (Å²) in [5.74, 6) is 1.81. The Kier molecular flexibility index (Phi) is 6.05. The first-order valence-electron chi connectivity index (χ1n) is 8.19. The Morgan fingerprint density at radius 3 is 2.92 bits per heavy atom. The monoisotopic (exact) mass is 433 g/mol. The first-order valence-corrected chi connectivity index (χ1v) is 9.97. The lowest BCUT2D eigenvalue weighted by Gasteiger charge is -2.12. The van der Waals surface area contributed by atoms with Crippen LogP contribution < -0.4 is 16.4 Å². The normalized spacial score (nSPS) is 14.1. The van der Waals surface area contributed by atoms with Gasteiger partial charge >= 0.3 is 0 Å². The number of aromatic amines is 1. The smallest absolute Gasteiger partial charge is 0.223 e. The number of rotatable bonds is 8. The average Bonchev–Trinajstić information content (AvgIpc) is 3.42. The van der Waals surface area contributed by atoms with Crippen molar-refractivity contribution in [3.63, 3.8) is 0 Å². The number of benzene rings is 1. The second-order valence-electron chi connectivity index (χ2n) is 5.84. The minimum atomic E-state index is 0.106. The van der Waals surface area contributed by atoms with E-state index in [9.17, 15) is 4.79 Å². The van der Waals surface area contributed by atoms with Crippen molar-refractivity contribution in [3.05, 3.63) is 53.0 Å². The van der Waals surface area contributed by atoms with Crippen LogP contribution in [0.5, 0.6) is 0 Å². The van der Waals surface area contributed by atoms with Crippen molar-refractivity contribution in [1.82, 2.24) is 15.5 Å². The van der Waals surface area contributed by atoms with Crippen LogP contribution in [0.4, 0.5) is 11.6 Å². The molecule has 0 bridgehead atoms. The molecule has 0 saturated heterocycles. The number of nitrogen functional groups attached to an aromatic ring is 1. The van der Waals surface area contributed by atoms with Crippen LogP contribution in [0.1, 0.15) is 18.4 Å². The zero-order chi connectivity index (χ0) is 18.5. The number of hydrogen-bond acceptors (Lipinski definition) is 5. The summed E-state index contributed by atoms with van der Waals surface area (Å²) in [4.78, 5) is 12.5. The van der Waals surface area contributed by atoms with Gasteiger partial charge in [0.05, 0.1) is 10.8 Å². The first-order chi connectivity index (χ1) is 12.6. The molecule has 5 N–H and O–H groups in total. The quantitative estimate of drug-likeness (QED) is 0.287. The van der Waals surface area contributed by atoms with Gasteiger partial charge in [0.1, 0.15) is 5.82 Å². The minimum absolute atomic E-state index is 0.106. The van der Waals surface area contributed by atoms with Gasteiger partial charge in [-0.1, -0.05) is 58.5 Å². The zero-order valence-corrected chi connectivity index (χ0v) is 16.5. The number of H-pyrrole nitrogens is 1. The summed E-state index contributed by atoms with van der Waals surface area (Å²) < 4.78 is 0.954. The average molecular weight is 434 g/mol. The molecule has 1 saturated carbocycles. The third kappa shape index (κ3) is 4.50. The van der Waals surface area contributed by atoms with Crippen molar-refractivity contribution in [2.24, 2.45) is 5.92 Å². The predicted molar refractivity (Wildman–Crippen MR) is 111 cm³/mol. The van der Waals surface area contributed by atoms with E-state index in [0.29, 0.717) is 17.5 Å². The molecule has 8 heteroatoms. The molecule has 0 unspecified atom stereocenters. The number of amides is 1. The highest BCUT2D eigenvalue weighted by molar-refractivity contribution is 9.10. The van der Waals surface area contributed by atoms with Crippen LogP contribution in [0.3, 0.4) is 0 Å². The number of nitrogens with two attached hydrogens (primary N) is 1. The molecular weight excluding hydrogens is 414 g/mol. The molecule has 0 radical (unpaired) electrons. The number of allylic oxidation sites excluding steroid dienone is 2. The van der Waals surface area contributed by atoms with Crippen molar-refractivity contribution >= 4 is 50.9 Å². The molecule has 6 nitrogen and oxygen atoms in total. The summed E-state index contributed by atoms with van der Waals surface area (Å²) in [6.45, 7) is 3.78. The van der Waals surface area contributed by atoms with E-state index in [1.54, 1.807) is 6.08 Å². The van der Waals surface area contributed by atoms with Gasteiger partial charge in [-0.25, -0.2) is 0 Å². The number of carbonyl (C=O) groups excluding carboxylic acids is 1. The molecule has 136 valence electrons. The van der Waals surface area contributed by atoms with Gasteiger partial charge in [-0.05, 0) is 25.0 Å². The number of carbonyl (C=O) groups is 1. The number of nitrogens with zero attached hydrogens (tertiary/aromatic N) is 1. The third-order valence-corrected chi connectivity index (χ3v) is 5.54. The Hall–Kier alpha value is -2.19. The molecule has 1 aliphatic carbocycles. The van der Waals surface area contributed by atoms with Crippen molar-refractivity contribution in [3.8, 4) is 0 Å². The van der Waals surface area contributed by atoms with Crippen molar-refractivity contribution in [1.29, 1.82) is 0 Å². The van der Waals surface area contributed by atoms with E-state index in [2.05, 4.69) is 43.3 Å². The fraction of sp³-hybridized carbons (Fsp3) is 0.222. The Morgan fingerprint density at radius 2 is 2.23 bits per heavy atom. The second kappa shape index (κ2) is 8.46. The van der Waals surface area contributed by atoms with Crippen LogP contribution in [0, 0.1) is 5.92 Å². The summed E-state index contributed by atoms with van der Waals surface area (Å²) >= 11 is 5.00. The molecule has 26 heavy (non-hydrogen) atoms. The molecule has 3 rings (SSSR count). The zero-order valence-electron chi connectivity index (χ0n) is 14.1. The number of aromatic nitrogens is 2. The summed E-state index contributed by atoms with van der Waals surface area (Å²) in [7, 11) is 0.